The van der Waals surface area contributed by atoms with Crippen molar-refractivity contribution in [1.82, 2.24) is 15.0 Å². The molecule has 2 saturated carbocycles. The van der Waals surface area contributed by atoms with E-state index >= 15 is 0 Å². The van der Waals surface area contributed by atoms with Crippen LogP contribution in [0.25, 0.3) is 11.4 Å². The molecule has 0 unspecified atom stereocenters. The highest BCUT2D eigenvalue weighted by Gasteiger charge is 2.20. The molecule has 0 aromatic carbocycles. The summed E-state index contributed by atoms with van der Waals surface area (Å²) in [5, 5.41) is 7.46. The van der Waals surface area contributed by atoms with Crippen molar-refractivity contribution < 1.29 is 0 Å². The Labute approximate surface area is 178 Å². The van der Waals surface area contributed by atoms with E-state index in [1.807, 2.05) is 18.2 Å². The van der Waals surface area contributed by atoms with Crippen molar-refractivity contribution in [3.63, 3.8) is 0 Å². The van der Waals surface area contributed by atoms with Crippen molar-refractivity contribution in [3.05, 3.63) is 29.4 Å². The molecule has 29 heavy (non-hydrogen) atoms. The summed E-state index contributed by atoms with van der Waals surface area (Å²) in [6.07, 6.45) is 12.5. The molecule has 2 fully saturated rings. The highest BCUT2D eigenvalue weighted by atomic mass is 35.5. The van der Waals surface area contributed by atoms with E-state index in [0.29, 0.717) is 28.7 Å². The first-order valence-electron chi connectivity index (χ1n) is 10.9. The zero-order valence-corrected chi connectivity index (χ0v) is 17.7. The Balaban J connectivity index is 1.44. The number of pyridine rings is 1. The summed E-state index contributed by atoms with van der Waals surface area (Å²) in [5.41, 5.74) is 7.43. The van der Waals surface area contributed by atoms with Crippen LogP contribution in [0.4, 0.5) is 11.8 Å². The zero-order valence-electron chi connectivity index (χ0n) is 16.9. The highest BCUT2D eigenvalue weighted by molar-refractivity contribution is 6.32. The number of hydrogen-bond donors (Lipinski definition) is 3. The lowest BCUT2D eigenvalue weighted by Crippen LogP contribution is -2.33. The summed E-state index contributed by atoms with van der Waals surface area (Å²) in [5.74, 6) is 2.22. The minimum Gasteiger partial charge on any atom is -0.370 e. The maximum Gasteiger partial charge on any atom is 0.223 e. The number of anilines is 2. The van der Waals surface area contributed by atoms with E-state index in [-0.39, 0.29) is 0 Å². The number of hydrogen-bond acceptors (Lipinski definition) is 6. The Kier molecular flexibility index (Phi) is 6.82. The zero-order chi connectivity index (χ0) is 20.1. The second-order valence-corrected chi connectivity index (χ2v) is 8.85. The quantitative estimate of drug-likeness (QED) is 0.625. The SMILES string of the molecule is N[C@H]1CC[C@H](Nc2ncc(Cl)c(-c3cccc(NCC4CCCCC4)n3)n2)CC1. The maximum absolute atomic E-state index is 6.41. The molecule has 0 atom stereocenters. The topological polar surface area (TPSA) is 88.8 Å². The standard InChI is InChI=1S/C22H31ClN6/c23-18-14-26-22(27-17-11-9-16(24)10-12-17)29-21(18)19-7-4-8-20(28-19)25-13-15-5-2-1-3-6-15/h4,7-8,14-17H,1-3,5-6,9-13,24H2,(H,25,28)(H,26,27,29)/t16-,17-. The van der Waals surface area contributed by atoms with Crippen LogP contribution < -0.4 is 16.4 Å². The molecule has 2 heterocycles. The van der Waals surface area contributed by atoms with Crippen LogP contribution in [0, 0.1) is 5.92 Å². The second kappa shape index (κ2) is 9.72. The number of halogens is 1. The molecular weight excluding hydrogens is 384 g/mol. The van der Waals surface area contributed by atoms with Gasteiger partial charge in [0.1, 0.15) is 11.5 Å². The van der Waals surface area contributed by atoms with Crippen molar-refractivity contribution in [1.29, 1.82) is 0 Å². The lowest BCUT2D eigenvalue weighted by molar-refractivity contribution is 0.373. The maximum atomic E-state index is 6.41. The van der Waals surface area contributed by atoms with Gasteiger partial charge in [-0.2, -0.15) is 0 Å². The van der Waals surface area contributed by atoms with Gasteiger partial charge in [-0.1, -0.05) is 36.9 Å². The molecule has 2 aliphatic rings. The molecule has 6 nitrogen and oxygen atoms in total. The third-order valence-corrected chi connectivity index (χ3v) is 6.41. The van der Waals surface area contributed by atoms with Gasteiger partial charge in [-0.15, -0.1) is 0 Å². The molecule has 2 aromatic rings. The monoisotopic (exact) mass is 414 g/mol. The summed E-state index contributed by atoms with van der Waals surface area (Å²) in [7, 11) is 0. The Bertz CT molecular complexity index is 800. The first-order chi connectivity index (χ1) is 14.2. The molecule has 4 N–H and O–H groups in total. The van der Waals surface area contributed by atoms with Gasteiger partial charge < -0.3 is 16.4 Å². The van der Waals surface area contributed by atoms with Crippen LogP contribution in [-0.4, -0.2) is 33.6 Å². The van der Waals surface area contributed by atoms with Crippen LogP contribution in [0.15, 0.2) is 24.4 Å². The fourth-order valence-corrected chi connectivity index (χ4v) is 4.56. The molecule has 2 aromatic heterocycles. The molecule has 2 aliphatic carbocycles. The number of nitrogens with zero attached hydrogens (tertiary/aromatic N) is 3. The summed E-state index contributed by atoms with van der Waals surface area (Å²) in [6, 6.07) is 6.64. The van der Waals surface area contributed by atoms with Crippen LogP contribution in [-0.2, 0) is 0 Å². The van der Waals surface area contributed by atoms with E-state index in [1.54, 1.807) is 6.20 Å². The average molecular weight is 415 g/mol. The van der Waals surface area contributed by atoms with Gasteiger partial charge in [0, 0.05) is 18.6 Å². The van der Waals surface area contributed by atoms with Crippen LogP contribution in [0.3, 0.4) is 0 Å². The van der Waals surface area contributed by atoms with Crippen LogP contribution in [0.1, 0.15) is 57.8 Å². The van der Waals surface area contributed by atoms with Gasteiger partial charge in [-0.3, -0.25) is 0 Å². The number of aromatic nitrogens is 3. The minimum absolute atomic E-state index is 0.322. The third-order valence-electron chi connectivity index (χ3n) is 6.14. The van der Waals surface area contributed by atoms with Gasteiger partial charge in [0.2, 0.25) is 5.95 Å². The summed E-state index contributed by atoms with van der Waals surface area (Å²) < 4.78 is 0. The molecule has 4 rings (SSSR count). The van der Waals surface area contributed by atoms with E-state index in [1.165, 1.54) is 32.1 Å². The average Bonchev–Trinajstić information content (AvgIpc) is 2.76. The van der Waals surface area contributed by atoms with Crippen LogP contribution in [0.2, 0.25) is 5.02 Å². The lowest BCUT2D eigenvalue weighted by Gasteiger charge is -2.26. The Morgan fingerprint density at radius 3 is 2.59 bits per heavy atom. The van der Waals surface area contributed by atoms with Gasteiger partial charge in [-0.05, 0) is 56.6 Å². The van der Waals surface area contributed by atoms with Crippen molar-refractivity contribution >= 4 is 23.4 Å². The molecule has 0 amide bonds. The molecule has 0 aliphatic heterocycles. The normalized spacial score (nSPS) is 23.0. The van der Waals surface area contributed by atoms with E-state index in [0.717, 1.165) is 49.7 Å². The number of nitrogens with one attached hydrogen (secondary N) is 2. The fraction of sp³-hybridized carbons (Fsp3) is 0.591. The molecule has 0 radical (unpaired) electrons. The van der Waals surface area contributed by atoms with Gasteiger partial charge in [-0.25, -0.2) is 15.0 Å². The van der Waals surface area contributed by atoms with Crippen molar-refractivity contribution in [2.24, 2.45) is 11.7 Å². The smallest absolute Gasteiger partial charge is 0.223 e. The Morgan fingerprint density at radius 1 is 1.00 bits per heavy atom. The van der Waals surface area contributed by atoms with Crippen molar-refractivity contribution in [3.8, 4) is 11.4 Å². The number of nitrogens with two attached hydrogens (primary N) is 1. The summed E-state index contributed by atoms with van der Waals surface area (Å²) >= 11 is 6.41. The molecule has 0 spiro atoms. The first-order valence-corrected chi connectivity index (χ1v) is 11.3. The van der Waals surface area contributed by atoms with Crippen molar-refractivity contribution in [2.75, 3.05) is 17.2 Å². The predicted molar refractivity (Wildman–Crippen MR) is 119 cm³/mol. The number of rotatable bonds is 6. The fourth-order valence-electron chi connectivity index (χ4n) is 4.37. The van der Waals surface area contributed by atoms with Gasteiger partial charge in [0.25, 0.3) is 0 Å². The highest BCUT2D eigenvalue weighted by Crippen LogP contribution is 2.28. The largest absolute Gasteiger partial charge is 0.370 e. The summed E-state index contributed by atoms with van der Waals surface area (Å²) in [4.78, 5) is 13.8. The molecule has 156 valence electrons. The lowest BCUT2D eigenvalue weighted by atomic mass is 9.89. The van der Waals surface area contributed by atoms with Gasteiger partial charge >= 0.3 is 0 Å². The molecule has 7 heteroatoms. The third kappa shape index (κ3) is 5.58. The van der Waals surface area contributed by atoms with Crippen molar-refractivity contribution in [2.45, 2.75) is 69.9 Å². The van der Waals surface area contributed by atoms with E-state index in [4.69, 9.17) is 22.3 Å². The van der Waals surface area contributed by atoms with E-state index < -0.39 is 0 Å². The van der Waals surface area contributed by atoms with Crippen LogP contribution in [0.5, 0.6) is 0 Å². The van der Waals surface area contributed by atoms with Crippen LogP contribution >= 0.6 is 11.6 Å². The molecule has 0 saturated heterocycles. The predicted octanol–water partition coefficient (Wildman–Crippen LogP) is 4.87. The molecular formula is C22H31ClN6. The van der Waals surface area contributed by atoms with E-state index in [9.17, 15) is 0 Å². The Hall–Kier alpha value is -1.92. The minimum atomic E-state index is 0.322. The first kappa shape index (κ1) is 20.4. The van der Waals surface area contributed by atoms with Gasteiger partial charge in [0.05, 0.1) is 16.9 Å². The molecule has 0 bridgehead atoms. The second-order valence-electron chi connectivity index (χ2n) is 8.44. The Morgan fingerprint density at radius 2 is 1.79 bits per heavy atom. The summed E-state index contributed by atoms with van der Waals surface area (Å²) in [6.45, 7) is 0.977. The van der Waals surface area contributed by atoms with E-state index in [2.05, 4.69) is 20.6 Å². The van der Waals surface area contributed by atoms with Gasteiger partial charge in [0.15, 0.2) is 0 Å².